The second-order valence-corrected chi connectivity index (χ2v) is 6.96. The lowest BCUT2D eigenvalue weighted by molar-refractivity contribution is -0.124. The van der Waals surface area contributed by atoms with E-state index in [0.29, 0.717) is 17.3 Å². The van der Waals surface area contributed by atoms with Gasteiger partial charge in [0.2, 0.25) is 0 Å². The van der Waals surface area contributed by atoms with Crippen molar-refractivity contribution in [1.29, 1.82) is 0 Å². The highest BCUT2D eigenvalue weighted by Gasteiger charge is 2.19. The number of benzene rings is 1. The van der Waals surface area contributed by atoms with E-state index in [2.05, 4.69) is 17.3 Å². The van der Waals surface area contributed by atoms with E-state index >= 15 is 0 Å². The minimum Gasteiger partial charge on any atom is -0.451 e. The number of amides is 1. The molecule has 0 aliphatic heterocycles. The summed E-state index contributed by atoms with van der Waals surface area (Å²) in [4.78, 5) is 37.2. The van der Waals surface area contributed by atoms with E-state index in [1.54, 1.807) is 24.3 Å². The lowest BCUT2D eigenvalue weighted by Crippen LogP contribution is -2.36. The Morgan fingerprint density at radius 2 is 1.86 bits per heavy atom. The van der Waals surface area contributed by atoms with Crippen LogP contribution in [0.25, 0.3) is 10.8 Å². The fourth-order valence-electron chi connectivity index (χ4n) is 3.07. The summed E-state index contributed by atoms with van der Waals surface area (Å²) in [5.41, 5.74) is -0.171. The Morgan fingerprint density at radius 1 is 1.14 bits per heavy atom. The van der Waals surface area contributed by atoms with Crippen molar-refractivity contribution in [2.24, 2.45) is 0 Å². The largest absolute Gasteiger partial charge is 0.451 e. The minimum absolute atomic E-state index is 0.0237. The van der Waals surface area contributed by atoms with Crippen LogP contribution >= 0.6 is 0 Å². The number of hydrogen-bond acceptors (Lipinski definition) is 5. The molecule has 2 rings (SSSR count). The summed E-state index contributed by atoms with van der Waals surface area (Å²) in [5.74, 6) is -1.06. The smallest absolute Gasteiger partial charge is 0.359 e. The third-order valence-corrected chi connectivity index (χ3v) is 4.50. The average Bonchev–Trinajstić information content (AvgIpc) is 2.68. The van der Waals surface area contributed by atoms with Crippen molar-refractivity contribution in [2.75, 3.05) is 6.61 Å². The number of hydrogen-bond donors (Lipinski definition) is 1. The normalized spacial score (nSPS) is 12.0. The van der Waals surface area contributed by atoms with Crippen LogP contribution in [0.1, 0.15) is 63.4 Å². The van der Waals surface area contributed by atoms with Crippen LogP contribution in [0.5, 0.6) is 0 Å². The zero-order chi connectivity index (χ0) is 20.5. The van der Waals surface area contributed by atoms with Gasteiger partial charge in [0.1, 0.15) is 0 Å². The molecule has 0 radical (unpaired) electrons. The van der Waals surface area contributed by atoms with Crippen molar-refractivity contribution in [1.82, 2.24) is 15.1 Å². The summed E-state index contributed by atoms with van der Waals surface area (Å²) in [6.07, 6.45) is 4.60. The van der Waals surface area contributed by atoms with Gasteiger partial charge in [-0.1, -0.05) is 51.3 Å². The molecule has 1 aromatic heterocycles. The first kappa shape index (κ1) is 21.6. The van der Waals surface area contributed by atoms with Gasteiger partial charge >= 0.3 is 5.97 Å². The number of fused-ring (bicyclic) bond motifs is 1. The van der Waals surface area contributed by atoms with E-state index in [9.17, 15) is 14.4 Å². The lowest BCUT2D eigenvalue weighted by atomic mass is 10.1. The van der Waals surface area contributed by atoms with Gasteiger partial charge in [-0.2, -0.15) is 5.10 Å². The molecule has 0 fully saturated rings. The Balaban J connectivity index is 2.19. The Morgan fingerprint density at radius 3 is 2.54 bits per heavy atom. The third-order valence-electron chi connectivity index (χ3n) is 4.50. The van der Waals surface area contributed by atoms with Gasteiger partial charge in [0.15, 0.2) is 12.3 Å². The SMILES string of the molecule is CCCCCn1nc(C(=O)OCC(=O)NC(C)CCC)c2ccccc2c1=O. The number of nitrogens with zero attached hydrogens (tertiary/aromatic N) is 2. The molecule has 0 saturated carbocycles. The molecule has 0 bridgehead atoms. The summed E-state index contributed by atoms with van der Waals surface area (Å²) in [6, 6.07) is 6.85. The maximum absolute atomic E-state index is 12.6. The van der Waals surface area contributed by atoms with Crippen LogP contribution in [0.15, 0.2) is 29.1 Å². The third kappa shape index (κ3) is 5.65. The number of aryl methyl sites for hydroxylation is 1. The molecule has 1 amide bonds. The van der Waals surface area contributed by atoms with Gasteiger partial charge < -0.3 is 10.1 Å². The molecular weight excluding hydrogens is 358 g/mol. The van der Waals surface area contributed by atoms with Crippen molar-refractivity contribution in [3.8, 4) is 0 Å². The van der Waals surface area contributed by atoms with Crippen molar-refractivity contribution in [3.63, 3.8) is 0 Å². The molecule has 152 valence electrons. The fourth-order valence-corrected chi connectivity index (χ4v) is 3.07. The number of aromatic nitrogens is 2. The Hall–Kier alpha value is -2.70. The molecule has 7 heteroatoms. The average molecular weight is 387 g/mol. The number of carbonyl (C=O) groups excluding carboxylic acids is 2. The maximum Gasteiger partial charge on any atom is 0.359 e. The number of unbranched alkanes of at least 4 members (excludes halogenated alkanes) is 2. The molecule has 2 aromatic rings. The zero-order valence-electron chi connectivity index (χ0n) is 16.9. The molecule has 1 atom stereocenters. The summed E-state index contributed by atoms with van der Waals surface area (Å²) in [6.45, 7) is 6.08. The standard InChI is InChI=1S/C21H29N3O4/c1-4-6-9-13-24-20(26)17-12-8-7-11-16(17)19(23-24)21(27)28-14-18(25)22-15(3)10-5-2/h7-8,11-12,15H,4-6,9-10,13-14H2,1-3H3,(H,22,25). The minimum atomic E-state index is -0.710. The number of rotatable bonds is 10. The van der Waals surface area contributed by atoms with Gasteiger partial charge in [0, 0.05) is 18.0 Å². The predicted molar refractivity (Wildman–Crippen MR) is 108 cm³/mol. The van der Waals surface area contributed by atoms with Gasteiger partial charge in [-0.3, -0.25) is 9.59 Å². The van der Waals surface area contributed by atoms with Gasteiger partial charge in [0.05, 0.1) is 5.39 Å². The van der Waals surface area contributed by atoms with E-state index in [-0.39, 0.29) is 29.8 Å². The first-order chi connectivity index (χ1) is 13.5. The summed E-state index contributed by atoms with van der Waals surface area (Å²) < 4.78 is 6.49. The molecule has 1 aromatic carbocycles. The van der Waals surface area contributed by atoms with Gasteiger partial charge in [0.25, 0.3) is 11.5 Å². The van der Waals surface area contributed by atoms with Crippen molar-refractivity contribution in [2.45, 2.75) is 65.5 Å². The first-order valence-corrected chi connectivity index (χ1v) is 9.94. The van der Waals surface area contributed by atoms with Crippen LogP contribution in [0, 0.1) is 0 Å². The number of esters is 1. The van der Waals surface area contributed by atoms with E-state index in [1.807, 2.05) is 13.8 Å². The van der Waals surface area contributed by atoms with Gasteiger partial charge in [-0.15, -0.1) is 0 Å². The highest BCUT2D eigenvalue weighted by molar-refractivity contribution is 6.02. The molecule has 28 heavy (non-hydrogen) atoms. The zero-order valence-corrected chi connectivity index (χ0v) is 16.9. The fraction of sp³-hybridized carbons (Fsp3) is 0.524. The summed E-state index contributed by atoms with van der Waals surface area (Å²) in [5, 5.41) is 7.88. The molecule has 1 heterocycles. The van der Waals surface area contributed by atoms with Crippen LogP contribution in [0.3, 0.4) is 0 Å². The summed E-state index contributed by atoms with van der Waals surface area (Å²) >= 11 is 0. The van der Waals surface area contributed by atoms with E-state index in [4.69, 9.17) is 4.74 Å². The van der Waals surface area contributed by atoms with Crippen LogP contribution in [0.4, 0.5) is 0 Å². The Bertz CT molecular complexity index is 876. The molecular formula is C21H29N3O4. The van der Waals surface area contributed by atoms with Crippen molar-refractivity contribution < 1.29 is 14.3 Å². The second kappa shape index (κ2) is 10.6. The van der Waals surface area contributed by atoms with Crippen LogP contribution in [-0.2, 0) is 16.1 Å². The lowest BCUT2D eigenvalue weighted by Gasteiger charge is -2.13. The number of carbonyl (C=O) groups is 2. The molecule has 1 N–H and O–H groups in total. The summed E-state index contributed by atoms with van der Waals surface area (Å²) in [7, 11) is 0. The maximum atomic E-state index is 12.6. The quantitative estimate of drug-likeness (QED) is 0.500. The monoisotopic (exact) mass is 387 g/mol. The highest BCUT2D eigenvalue weighted by atomic mass is 16.5. The molecule has 0 aliphatic carbocycles. The number of nitrogens with one attached hydrogen (secondary N) is 1. The first-order valence-electron chi connectivity index (χ1n) is 9.94. The topological polar surface area (TPSA) is 90.3 Å². The molecule has 7 nitrogen and oxygen atoms in total. The van der Waals surface area contributed by atoms with Crippen LogP contribution in [0.2, 0.25) is 0 Å². The van der Waals surface area contributed by atoms with Gasteiger partial charge in [-0.25, -0.2) is 9.48 Å². The molecule has 0 saturated heterocycles. The Kier molecular flexibility index (Phi) is 8.17. The van der Waals surface area contributed by atoms with E-state index in [1.165, 1.54) is 4.68 Å². The molecule has 0 spiro atoms. The van der Waals surface area contributed by atoms with E-state index < -0.39 is 5.97 Å². The molecule has 0 aliphatic rings. The van der Waals surface area contributed by atoms with Crippen molar-refractivity contribution in [3.05, 3.63) is 40.3 Å². The second-order valence-electron chi connectivity index (χ2n) is 6.96. The van der Waals surface area contributed by atoms with Crippen LogP contribution < -0.4 is 10.9 Å². The molecule has 1 unspecified atom stereocenters. The van der Waals surface area contributed by atoms with Crippen molar-refractivity contribution >= 4 is 22.6 Å². The van der Waals surface area contributed by atoms with Crippen LogP contribution in [-0.4, -0.2) is 34.3 Å². The predicted octanol–water partition coefficient (Wildman–Crippen LogP) is 3.05. The van der Waals surface area contributed by atoms with Gasteiger partial charge in [-0.05, 0) is 25.8 Å². The number of ether oxygens (including phenoxy) is 1. The highest BCUT2D eigenvalue weighted by Crippen LogP contribution is 2.14. The Labute approximate surface area is 165 Å². The van der Waals surface area contributed by atoms with E-state index in [0.717, 1.165) is 32.1 Å².